The maximum atomic E-state index is 12.7. The fourth-order valence-electron chi connectivity index (χ4n) is 7.13. The Morgan fingerprint density at radius 2 is 1.13 bits per heavy atom. The molecule has 0 saturated heterocycles. The molecule has 0 radical (unpaired) electrons. The highest BCUT2D eigenvalue weighted by Gasteiger charge is 2.28. The molecule has 0 saturated carbocycles. The number of pyridine rings is 1. The van der Waals surface area contributed by atoms with E-state index in [0.717, 1.165) is 65.3 Å². The van der Waals surface area contributed by atoms with E-state index < -0.39 is 54.0 Å². The van der Waals surface area contributed by atoms with Crippen molar-refractivity contribution in [2.24, 2.45) is 32.6 Å². The lowest BCUT2D eigenvalue weighted by molar-refractivity contribution is -0.613. The summed E-state index contributed by atoms with van der Waals surface area (Å²) in [6.45, 7) is 8.23. The zero-order valence-electron chi connectivity index (χ0n) is 44.4. The van der Waals surface area contributed by atoms with Gasteiger partial charge in [0.1, 0.15) is 11.4 Å². The molecule has 0 aliphatic carbocycles. The van der Waals surface area contributed by atoms with Crippen LogP contribution in [0.15, 0.2) is 112 Å². The monoisotopic (exact) mass is 1070 g/mol. The van der Waals surface area contributed by atoms with Gasteiger partial charge in [0, 0.05) is 140 Å². The quantitative estimate of drug-likeness (QED) is 0.0685. The summed E-state index contributed by atoms with van der Waals surface area (Å²) in [6, 6.07) is 15.4. The molecule has 5 aromatic heterocycles. The number of hydrogen-bond donors (Lipinski definition) is 3. The Morgan fingerprint density at radius 1 is 0.667 bits per heavy atom. The van der Waals surface area contributed by atoms with Crippen LogP contribution in [0.3, 0.4) is 0 Å². The Morgan fingerprint density at radius 3 is 1.57 bits per heavy atom. The van der Waals surface area contributed by atoms with Crippen LogP contribution in [-0.2, 0) is 48.2 Å². The smallest absolute Gasteiger partial charge is 0.388 e. The first kappa shape index (κ1) is 57.5. The third-order valence-corrected chi connectivity index (χ3v) is 13.5. The normalized spacial score (nSPS) is 11.6. The molecule has 75 heavy (non-hydrogen) atoms. The Hall–Kier alpha value is -8.39. The van der Waals surface area contributed by atoms with Crippen LogP contribution in [-0.4, -0.2) is 132 Å². The number of nitrogen functional groups attached to an aromatic ring is 1. The number of amides is 4. The summed E-state index contributed by atoms with van der Waals surface area (Å²) in [4.78, 5) is 41.2. The second kappa shape index (κ2) is 23.7. The number of benzene rings is 2. The van der Waals surface area contributed by atoms with E-state index in [-0.39, 0.29) is 17.3 Å². The van der Waals surface area contributed by atoms with Gasteiger partial charge in [0.25, 0.3) is 27.9 Å². The second-order valence-electron chi connectivity index (χ2n) is 18.4. The lowest BCUT2D eigenvalue weighted by Crippen LogP contribution is -2.51. The summed E-state index contributed by atoms with van der Waals surface area (Å²) in [5, 5.41) is 29.9. The summed E-state index contributed by atoms with van der Waals surface area (Å²) in [5.74, 6) is -0.288. The number of carbonyl (C=O) groups excluding carboxylic acids is 3. The highest BCUT2D eigenvalue weighted by Crippen LogP contribution is 2.31. The summed E-state index contributed by atoms with van der Waals surface area (Å²) in [6.07, 6.45) is 10.2. The van der Waals surface area contributed by atoms with Crippen molar-refractivity contribution in [1.82, 2.24) is 53.6 Å². The lowest BCUT2D eigenvalue weighted by Gasteiger charge is -2.15. The molecule has 24 nitrogen and oxygen atoms in total. The van der Waals surface area contributed by atoms with E-state index in [0.29, 0.717) is 11.6 Å². The largest absolute Gasteiger partial charge is 0.806 e. The number of sulfonamides is 2. The molecule has 0 aliphatic rings. The van der Waals surface area contributed by atoms with Crippen LogP contribution in [0.1, 0.15) is 71.6 Å². The molecule has 4 amide bonds. The molecule has 7 rings (SSSR count). The van der Waals surface area contributed by atoms with E-state index in [2.05, 4.69) is 56.1 Å². The molecule has 5 heterocycles. The van der Waals surface area contributed by atoms with Crippen molar-refractivity contribution in [3.8, 4) is 22.3 Å². The number of aromatic nitrogens is 9. The van der Waals surface area contributed by atoms with E-state index >= 15 is 0 Å². The first-order valence-electron chi connectivity index (χ1n) is 23.1. The SMILES string of the molecule is CC(C)c1ccc(-c2cnn(C)c2)cc1N.CC(C)c1ccc(-c2cnn(C)c2)cc1NC(=O)NS(=O)(=O)c1cc(C(=O)N(C)C)n(C)n1.CN(C)C(=O)c1cc(S(=O)(=O)N=C([O-])[n+]2ccc(N(C)C)cc2)nn1C. The summed E-state index contributed by atoms with van der Waals surface area (Å²) in [5.41, 5.74) is 14.3. The number of hydrogen-bond acceptors (Lipinski definition) is 14. The molecule has 0 aliphatic heterocycles. The zero-order chi connectivity index (χ0) is 55.9. The van der Waals surface area contributed by atoms with Crippen LogP contribution >= 0.6 is 0 Å². The third-order valence-electron chi connectivity index (χ3n) is 11.2. The molecule has 0 unspecified atom stereocenters. The molecular weight excluding hydrogens is 1000 g/mol. The molecule has 26 heteroatoms. The van der Waals surface area contributed by atoms with E-state index in [4.69, 9.17) is 5.73 Å². The first-order valence-corrected chi connectivity index (χ1v) is 26.0. The molecule has 0 atom stereocenters. The van der Waals surface area contributed by atoms with Crippen LogP contribution in [0.5, 0.6) is 0 Å². The Bertz CT molecular complexity index is 3440. The van der Waals surface area contributed by atoms with Crippen molar-refractivity contribution in [1.29, 1.82) is 0 Å². The number of nitrogens with one attached hydrogen (secondary N) is 2. The number of aryl methyl sites for hydroxylation is 4. The average Bonchev–Trinajstić information content (AvgIpc) is 4.16. The number of nitrogens with two attached hydrogens (primary N) is 1. The first-order chi connectivity index (χ1) is 35.0. The van der Waals surface area contributed by atoms with Gasteiger partial charge < -0.3 is 30.9 Å². The third kappa shape index (κ3) is 14.4. The number of nitrogens with zero attached hydrogens (tertiary/aromatic N) is 13. The van der Waals surface area contributed by atoms with Crippen LogP contribution < -0.4 is 30.3 Å². The molecule has 7 aromatic rings. The van der Waals surface area contributed by atoms with Gasteiger partial charge >= 0.3 is 16.1 Å². The van der Waals surface area contributed by atoms with Crippen molar-refractivity contribution in [3.05, 3.63) is 120 Å². The maximum absolute atomic E-state index is 12.7. The minimum atomic E-state index is -4.35. The Labute approximate surface area is 436 Å². The lowest BCUT2D eigenvalue weighted by atomic mass is 9.97. The molecule has 0 fully saturated rings. The van der Waals surface area contributed by atoms with Gasteiger partial charge in [-0.2, -0.15) is 37.2 Å². The Balaban J connectivity index is 0.000000220. The van der Waals surface area contributed by atoms with Crippen LogP contribution in [0.4, 0.5) is 21.9 Å². The zero-order valence-corrected chi connectivity index (χ0v) is 46.0. The summed E-state index contributed by atoms with van der Waals surface area (Å²) >= 11 is 0. The van der Waals surface area contributed by atoms with Crippen molar-refractivity contribution in [2.45, 2.75) is 49.6 Å². The van der Waals surface area contributed by atoms with Gasteiger partial charge in [0.2, 0.25) is 5.03 Å². The predicted molar refractivity (Wildman–Crippen MR) is 283 cm³/mol. The van der Waals surface area contributed by atoms with Gasteiger partial charge in [-0.1, -0.05) is 52.0 Å². The number of rotatable bonds is 12. The van der Waals surface area contributed by atoms with Gasteiger partial charge in [-0.25, -0.2) is 14.1 Å². The van der Waals surface area contributed by atoms with Gasteiger partial charge in [-0.05, 0) is 46.2 Å². The van der Waals surface area contributed by atoms with E-state index in [1.807, 2.05) is 81.4 Å². The minimum Gasteiger partial charge on any atom is -0.806 e. The standard InChI is InChI=1S/C21H27N7O4S.C15H20N6O4S.C13H17N3/c1-13(2)16-8-7-14(15-11-22-27(5)12-15)9-17(16)23-21(30)25-33(31,32)19-10-18(28(6)24-19)20(29)26(3)4;1-18(2)11-6-8-21(9-7-11)15(23)17-26(24,25)13-10-12(20(5)16-13)14(22)19(3)4;1-9(2)12-5-4-10(6-13(12)14)11-7-15-16(3)8-11/h7-13H,1-6H3,(H2,23,25,30);6-10H,1-5H3;4-9H,14H2,1-3H3. The van der Waals surface area contributed by atoms with Crippen molar-refractivity contribution < 1.29 is 40.9 Å². The maximum Gasteiger partial charge on any atom is 0.388 e. The summed E-state index contributed by atoms with van der Waals surface area (Å²) in [7, 11) is 7.77. The molecular formula is C49H64N16O8S2. The molecule has 4 N–H and O–H groups in total. The van der Waals surface area contributed by atoms with Gasteiger partial charge in [0.05, 0.1) is 24.8 Å². The fraction of sp³-hybridized carbons (Fsp3) is 0.327. The molecule has 0 spiro atoms. The van der Waals surface area contributed by atoms with Gasteiger partial charge in [-0.3, -0.25) is 28.3 Å². The number of anilines is 3. The van der Waals surface area contributed by atoms with Crippen molar-refractivity contribution >= 4 is 61.0 Å². The van der Waals surface area contributed by atoms with Crippen LogP contribution in [0.2, 0.25) is 0 Å². The topological polar surface area (TPSA) is 290 Å². The molecule has 400 valence electrons. The highest BCUT2D eigenvalue weighted by molar-refractivity contribution is 7.90. The summed E-state index contributed by atoms with van der Waals surface area (Å²) < 4.78 is 62.1. The predicted octanol–water partition coefficient (Wildman–Crippen LogP) is 3.38. The molecule has 2 aromatic carbocycles. The van der Waals surface area contributed by atoms with E-state index in [9.17, 15) is 36.3 Å². The second-order valence-corrected chi connectivity index (χ2v) is 21.6. The van der Waals surface area contributed by atoms with Gasteiger partial charge in [-0.15, -0.1) is 0 Å². The fourth-order valence-corrected chi connectivity index (χ4v) is 8.91. The van der Waals surface area contributed by atoms with Gasteiger partial charge in [0.15, 0.2) is 5.03 Å². The number of carbonyl (C=O) groups is 3. The number of urea groups is 1. The molecule has 0 bridgehead atoms. The van der Waals surface area contributed by atoms with Crippen LogP contribution in [0, 0.1) is 0 Å². The minimum absolute atomic E-state index is 0.0687. The van der Waals surface area contributed by atoms with Crippen molar-refractivity contribution in [2.75, 3.05) is 58.2 Å². The van der Waals surface area contributed by atoms with E-state index in [1.165, 1.54) is 55.9 Å². The van der Waals surface area contributed by atoms with Crippen molar-refractivity contribution in [3.63, 3.8) is 0 Å². The Kier molecular flexibility index (Phi) is 18.1. The van der Waals surface area contributed by atoms with E-state index in [1.54, 1.807) is 54.9 Å². The highest BCUT2D eigenvalue weighted by atomic mass is 32.2. The average molecular weight is 1070 g/mol. The van der Waals surface area contributed by atoms with Crippen LogP contribution in [0.25, 0.3) is 22.3 Å².